The standard InChI is InChI=1S/C13H17N3O2/c1-2-18-8-4-7-14-13(17)11-6-3-5-10-9-15-16-12(10)11/h3,5-6,9H,2,4,7-8H2,1H3,(H,14,17)(H,15,16). The van der Waals surface area contributed by atoms with E-state index in [1.807, 2.05) is 19.1 Å². The maximum atomic E-state index is 12.0. The summed E-state index contributed by atoms with van der Waals surface area (Å²) in [5.41, 5.74) is 1.40. The lowest BCUT2D eigenvalue weighted by Gasteiger charge is -2.06. The molecule has 0 saturated carbocycles. The van der Waals surface area contributed by atoms with Gasteiger partial charge in [0, 0.05) is 25.1 Å². The fraction of sp³-hybridized carbons (Fsp3) is 0.385. The van der Waals surface area contributed by atoms with Gasteiger partial charge in [0.05, 0.1) is 17.3 Å². The van der Waals surface area contributed by atoms with Crippen molar-refractivity contribution in [2.75, 3.05) is 19.8 Å². The molecule has 1 heterocycles. The summed E-state index contributed by atoms with van der Waals surface area (Å²) < 4.78 is 5.21. The van der Waals surface area contributed by atoms with Crippen molar-refractivity contribution in [2.45, 2.75) is 13.3 Å². The highest BCUT2D eigenvalue weighted by Gasteiger charge is 2.10. The number of fused-ring (bicyclic) bond motifs is 1. The summed E-state index contributed by atoms with van der Waals surface area (Å²) in [6.07, 6.45) is 2.53. The van der Waals surface area contributed by atoms with Gasteiger partial charge in [-0.2, -0.15) is 5.10 Å². The average molecular weight is 247 g/mol. The summed E-state index contributed by atoms with van der Waals surface area (Å²) in [7, 11) is 0. The SMILES string of the molecule is CCOCCCNC(=O)c1cccc2cn[nH]c12. The van der Waals surface area contributed by atoms with Crippen LogP contribution in [0.1, 0.15) is 23.7 Å². The Morgan fingerprint density at radius 2 is 2.39 bits per heavy atom. The quantitative estimate of drug-likeness (QED) is 0.764. The Labute approximate surface area is 106 Å². The fourth-order valence-electron chi connectivity index (χ4n) is 1.77. The molecule has 2 aromatic rings. The third kappa shape index (κ3) is 2.87. The molecule has 1 aromatic carbocycles. The normalized spacial score (nSPS) is 10.7. The zero-order valence-electron chi connectivity index (χ0n) is 10.4. The van der Waals surface area contributed by atoms with Crippen molar-refractivity contribution in [3.63, 3.8) is 0 Å². The predicted molar refractivity (Wildman–Crippen MR) is 69.5 cm³/mol. The highest BCUT2D eigenvalue weighted by molar-refractivity contribution is 6.05. The molecule has 0 fully saturated rings. The summed E-state index contributed by atoms with van der Waals surface area (Å²) >= 11 is 0. The first-order valence-corrected chi connectivity index (χ1v) is 6.11. The summed E-state index contributed by atoms with van der Waals surface area (Å²) in [6, 6.07) is 5.57. The molecule has 0 saturated heterocycles. The number of carbonyl (C=O) groups is 1. The monoisotopic (exact) mass is 247 g/mol. The van der Waals surface area contributed by atoms with Crippen LogP contribution < -0.4 is 5.32 Å². The second-order valence-electron chi connectivity index (χ2n) is 3.95. The van der Waals surface area contributed by atoms with E-state index in [1.165, 1.54) is 0 Å². The van der Waals surface area contributed by atoms with Gasteiger partial charge in [-0.1, -0.05) is 12.1 Å². The second-order valence-corrected chi connectivity index (χ2v) is 3.95. The van der Waals surface area contributed by atoms with E-state index in [1.54, 1.807) is 12.3 Å². The summed E-state index contributed by atoms with van der Waals surface area (Å²) in [5.74, 6) is -0.0821. The van der Waals surface area contributed by atoms with E-state index in [-0.39, 0.29) is 5.91 Å². The zero-order valence-corrected chi connectivity index (χ0v) is 10.4. The molecule has 1 amide bonds. The molecule has 2 rings (SSSR count). The van der Waals surface area contributed by atoms with Crippen molar-refractivity contribution >= 4 is 16.8 Å². The molecule has 0 atom stereocenters. The Morgan fingerprint density at radius 1 is 1.50 bits per heavy atom. The number of aromatic nitrogens is 2. The molecule has 0 aliphatic heterocycles. The number of hydrogen-bond donors (Lipinski definition) is 2. The molecular formula is C13H17N3O2. The molecular weight excluding hydrogens is 230 g/mol. The van der Waals surface area contributed by atoms with Crippen molar-refractivity contribution in [1.82, 2.24) is 15.5 Å². The maximum Gasteiger partial charge on any atom is 0.253 e. The molecule has 2 N–H and O–H groups in total. The Balaban J connectivity index is 1.94. The second kappa shape index (κ2) is 6.16. The molecule has 96 valence electrons. The number of ether oxygens (including phenoxy) is 1. The van der Waals surface area contributed by atoms with E-state index in [0.717, 1.165) is 17.3 Å². The van der Waals surface area contributed by atoms with E-state index >= 15 is 0 Å². The van der Waals surface area contributed by atoms with Gasteiger partial charge in [-0.05, 0) is 19.4 Å². The van der Waals surface area contributed by atoms with Crippen LogP contribution in [0.25, 0.3) is 10.9 Å². The highest BCUT2D eigenvalue weighted by atomic mass is 16.5. The number of amides is 1. The summed E-state index contributed by atoms with van der Waals surface area (Å²) in [6.45, 7) is 3.95. The van der Waals surface area contributed by atoms with E-state index < -0.39 is 0 Å². The van der Waals surface area contributed by atoms with Crippen molar-refractivity contribution in [3.8, 4) is 0 Å². The third-order valence-corrected chi connectivity index (χ3v) is 2.68. The zero-order chi connectivity index (χ0) is 12.8. The summed E-state index contributed by atoms with van der Waals surface area (Å²) in [4.78, 5) is 12.0. The minimum atomic E-state index is -0.0821. The number of rotatable bonds is 6. The van der Waals surface area contributed by atoms with Crippen molar-refractivity contribution in [2.24, 2.45) is 0 Å². The average Bonchev–Trinajstić information content (AvgIpc) is 2.86. The summed E-state index contributed by atoms with van der Waals surface area (Å²) in [5, 5.41) is 10.6. The van der Waals surface area contributed by atoms with Gasteiger partial charge in [-0.3, -0.25) is 9.89 Å². The molecule has 18 heavy (non-hydrogen) atoms. The minimum absolute atomic E-state index is 0.0821. The topological polar surface area (TPSA) is 67.0 Å². The van der Waals surface area contributed by atoms with Gasteiger partial charge in [0.25, 0.3) is 5.91 Å². The van der Waals surface area contributed by atoms with Crippen LogP contribution in [0.3, 0.4) is 0 Å². The van der Waals surface area contributed by atoms with Gasteiger partial charge in [-0.25, -0.2) is 0 Å². The number of carbonyl (C=O) groups excluding carboxylic acids is 1. The number of aromatic amines is 1. The first-order chi connectivity index (χ1) is 8.83. The first-order valence-electron chi connectivity index (χ1n) is 6.11. The predicted octanol–water partition coefficient (Wildman–Crippen LogP) is 1.72. The number of benzene rings is 1. The van der Waals surface area contributed by atoms with Gasteiger partial charge in [0.1, 0.15) is 0 Å². The number of hydrogen-bond acceptors (Lipinski definition) is 3. The number of H-pyrrole nitrogens is 1. The van der Waals surface area contributed by atoms with Gasteiger partial charge >= 0.3 is 0 Å². The van der Waals surface area contributed by atoms with Crippen LogP contribution in [0.5, 0.6) is 0 Å². The highest BCUT2D eigenvalue weighted by Crippen LogP contribution is 2.15. The smallest absolute Gasteiger partial charge is 0.253 e. The Morgan fingerprint density at radius 3 is 3.22 bits per heavy atom. The van der Waals surface area contributed by atoms with E-state index in [4.69, 9.17) is 4.74 Å². The van der Waals surface area contributed by atoms with Crippen LogP contribution in [0.2, 0.25) is 0 Å². The van der Waals surface area contributed by atoms with Crippen molar-refractivity contribution in [3.05, 3.63) is 30.0 Å². The number of nitrogens with zero attached hydrogens (tertiary/aromatic N) is 1. The molecule has 1 aromatic heterocycles. The van der Waals surface area contributed by atoms with Crippen molar-refractivity contribution in [1.29, 1.82) is 0 Å². The van der Waals surface area contributed by atoms with Crippen LogP contribution in [0.4, 0.5) is 0 Å². The van der Waals surface area contributed by atoms with Gasteiger partial charge in [0.2, 0.25) is 0 Å². The van der Waals surface area contributed by atoms with Crippen molar-refractivity contribution < 1.29 is 9.53 Å². The van der Waals surface area contributed by atoms with Gasteiger partial charge < -0.3 is 10.1 Å². The minimum Gasteiger partial charge on any atom is -0.382 e. The molecule has 5 heteroatoms. The molecule has 0 unspecified atom stereocenters. The largest absolute Gasteiger partial charge is 0.382 e. The Hall–Kier alpha value is -1.88. The van der Waals surface area contributed by atoms with Crippen LogP contribution >= 0.6 is 0 Å². The van der Waals surface area contributed by atoms with Crippen LogP contribution in [0.15, 0.2) is 24.4 Å². The fourth-order valence-corrected chi connectivity index (χ4v) is 1.77. The van der Waals surface area contributed by atoms with E-state index in [0.29, 0.717) is 25.3 Å². The Bertz CT molecular complexity index is 522. The lowest BCUT2D eigenvalue weighted by molar-refractivity contribution is 0.0945. The molecule has 0 radical (unpaired) electrons. The molecule has 5 nitrogen and oxygen atoms in total. The van der Waals surface area contributed by atoms with E-state index in [9.17, 15) is 4.79 Å². The maximum absolute atomic E-state index is 12.0. The third-order valence-electron chi connectivity index (χ3n) is 2.68. The van der Waals surface area contributed by atoms with Crippen LogP contribution in [-0.2, 0) is 4.74 Å². The van der Waals surface area contributed by atoms with E-state index in [2.05, 4.69) is 15.5 Å². The number of para-hydroxylation sites is 1. The molecule has 0 aliphatic rings. The lowest BCUT2D eigenvalue weighted by Crippen LogP contribution is -2.25. The molecule has 0 spiro atoms. The Kier molecular flexibility index (Phi) is 4.30. The number of nitrogens with one attached hydrogen (secondary N) is 2. The first kappa shape index (κ1) is 12.6. The lowest BCUT2D eigenvalue weighted by atomic mass is 10.1. The van der Waals surface area contributed by atoms with Crippen LogP contribution in [-0.4, -0.2) is 35.9 Å². The van der Waals surface area contributed by atoms with Gasteiger partial charge in [-0.15, -0.1) is 0 Å². The van der Waals surface area contributed by atoms with Gasteiger partial charge in [0.15, 0.2) is 0 Å². The van der Waals surface area contributed by atoms with Crippen LogP contribution in [0, 0.1) is 0 Å². The molecule has 0 bridgehead atoms. The molecule has 0 aliphatic carbocycles.